The molecule has 266 valence electrons. The second kappa shape index (κ2) is 14.9. The average Bonchev–Trinajstić information content (AvgIpc) is 3.38. The molecule has 0 radical (unpaired) electrons. The lowest BCUT2D eigenvalue weighted by Gasteiger charge is -2.39. The van der Waals surface area contributed by atoms with Crippen LogP contribution in [-0.2, 0) is 9.59 Å². The van der Waals surface area contributed by atoms with E-state index in [0.717, 1.165) is 12.1 Å². The molecule has 22 heteroatoms. The van der Waals surface area contributed by atoms with E-state index in [9.17, 15) is 48.3 Å². The third-order valence-corrected chi connectivity index (χ3v) is 6.42. The Labute approximate surface area is 266 Å². The van der Waals surface area contributed by atoms with Crippen molar-refractivity contribution in [3.63, 3.8) is 0 Å². The average molecular weight is 717 g/mol. The maximum absolute atomic E-state index is 14.3. The van der Waals surface area contributed by atoms with Crippen LogP contribution in [0.2, 0.25) is 0 Å². The largest absolute Gasteiger partial charge is 0.490 e. The van der Waals surface area contributed by atoms with Crippen LogP contribution in [0, 0.1) is 17.6 Å². The molecule has 0 bridgehead atoms. The molecule has 3 aromatic heterocycles. The van der Waals surface area contributed by atoms with Gasteiger partial charge in [0.1, 0.15) is 11.6 Å². The van der Waals surface area contributed by atoms with E-state index in [1.807, 2.05) is 0 Å². The summed E-state index contributed by atoms with van der Waals surface area (Å²) in [6.45, 7) is -0.00422. The fraction of sp³-hybridized carbons (Fsp3) is 0.296. The standard InChI is InChI=1S/C23H20F5N7.2C2HF3O2/c24-16-2-1-3-17(25)21(16)18-5-4-15-9-31-22(35(15)33-18)32-19-10-30-7-6-20(19)34-11-13(23(26,27)28)8-14(29)12-34;2*3-2(4,5)1(6)7/h1-7,9-10,13-14H,8,11-12,29H2,(H,31,32);2*(H,6,7)/t13-,14-;;/m1../s1. The number of carbonyl (C=O) groups is 2. The number of fused-ring (bicyclic) bond motifs is 1. The molecule has 4 aromatic rings. The summed E-state index contributed by atoms with van der Waals surface area (Å²) in [6, 6.07) is 7.56. The van der Waals surface area contributed by atoms with Gasteiger partial charge in [0.25, 0.3) is 0 Å². The van der Waals surface area contributed by atoms with E-state index in [1.165, 1.54) is 35.2 Å². The number of pyridine rings is 1. The van der Waals surface area contributed by atoms with E-state index in [2.05, 4.69) is 20.4 Å². The van der Waals surface area contributed by atoms with Gasteiger partial charge in [0.2, 0.25) is 5.95 Å². The lowest BCUT2D eigenvalue weighted by molar-refractivity contribution is -0.193. The van der Waals surface area contributed by atoms with Crippen LogP contribution in [0.15, 0.2) is 55.0 Å². The minimum atomic E-state index is -5.08. The van der Waals surface area contributed by atoms with Crippen LogP contribution in [0.3, 0.4) is 0 Å². The number of rotatable bonds is 4. The van der Waals surface area contributed by atoms with Crippen LogP contribution >= 0.6 is 0 Å². The molecule has 49 heavy (non-hydrogen) atoms. The molecule has 1 aliphatic heterocycles. The molecular formula is C27H22F11N7O4. The Bertz CT molecular complexity index is 1730. The van der Waals surface area contributed by atoms with Crippen LogP contribution in [-0.4, -0.2) is 79.4 Å². The van der Waals surface area contributed by atoms with Crippen molar-refractivity contribution in [2.24, 2.45) is 11.7 Å². The molecule has 2 atom stereocenters. The summed E-state index contributed by atoms with van der Waals surface area (Å²) in [7, 11) is 0. The zero-order valence-electron chi connectivity index (χ0n) is 24.2. The minimum absolute atomic E-state index is 0.0515. The number of aliphatic carboxylic acids is 2. The maximum Gasteiger partial charge on any atom is 0.490 e. The number of benzene rings is 1. The number of alkyl halides is 9. The summed E-state index contributed by atoms with van der Waals surface area (Å²) in [6.07, 6.45) is -10.2. The van der Waals surface area contributed by atoms with Crippen molar-refractivity contribution < 1.29 is 68.1 Å². The number of piperidine rings is 1. The number of hydrogen-bond donors (Lipinski definition) is 4. The molecule has 1 aliphatic rings. The summed E-state index contributed by atoms with van der Waals surface area (Å²) in [4.78, 5) is 27.7. The molecule has 1 saturated heterocycles. The van der Waals surface area contributed by atoms with E-state index in [4.69, 9.17) is 25.5 Å². The molecule has 5 rings (SSSR count). The van der Waals surface area contributed by atoms with Crippen LogP contribution in [0.1, 0.15) is 6.42 Å². The first-order valence-corrected chi connectivity index (χ1v) is 13.3. The molecule has 0 unspecified atom stereocenters. The molecule has 4 heterocycles. The van der Waals surface area contributed by atoms with Gasteiger partial charge >= 0.3 is 30.5 Å². The lowest BCUT2D eigenvalue weighted by Crippen LogP contribution is -2.51. The second-order valence-corrected chi connectivity index (χ2v) is 10.00. The molecule has 1 fully saturated rings. The first kappa shape index (κ1) is 38.2. The number of carboxylic acid groups (broad SMARTS) is 2. The first-order chi connectivity index (χ1) is 22.6. The van der Waals surface area contributed by atoms with Gasteiger partial charge in [0.05, 0.1) is 46.5 Å². The van der Waals surface area contributed by atoms with Gasteiger partial charge in [-0.25, -0.2) is 23.4 Å². The fourth-order valence-corrected chi connectivity index (χ4v) is 4.30. The first-order valence-electron chi connectivity index (χ1n) is 13.3. The van der Waals surface area contributed by atoms with E-state index >= 15 is 0 Å². The molecular weight excluding hydrogens is 695 g/mol. The summed E-state index contributed by atoms with van der Waals surface area (Å²) < 4.78 is 134. The fourth-order valence-electron chi connectivity index (χ4n) is 4.30. The smallest absolute Gasteiger partial charge is 0.475 e. The van der Waals surface area contributed by atoms with Gasteiger partial charge in [-0.3, -0.25) is 4.98 Å². The monoisotopic (exact) mass is 717 g/mol. The number of imidazole rings is 1. The van der Waals surface area contributed by atoms with Crippen LogP contribution in [0.5, 0.6) is 0 Å². The van der Waals surface area contributed by atoms with Crippen LogP contribution in [0.25, 0.3) is 16.8 Å². The Kier molecular flexibility index (Phi) is 11.6. The molecule has 0 aliphatic carbocycles. The Hall–Kier alpha value is -5.28. The molecule has 0 saturated carbocycles. The number of halogens is 11. The highest BCUT2D eigenvalue weighted by atomic mass is 19.4. The number of nitrogens with two attached hydrogens (primary N) is 1. The number of nitrogens with zero attached hydrogens (tertiary/aromatic N) is 5. The number of anilines is 3. The van der Waals surface area contributed by atoms with Gasteiger partial charge in [0, 0.05) is 25.3 Å². The van der Waals surface area contributed by atoms with Crippen molar-refractivity contribution in [3.05, 3.63) is 66.6 Å². The van der Waals surface area contributed by atoms with Crippen molar-refractivity contribution in [2.75, 3.05) is 23.3 Å². The van der Waals surface area contributed by atoms with E-state index in [0.29, 0.717) is 16.9 Å². The number of aromatic nitrogens is 4. The zero-order chi connectivity index (χ0) is 36.9. The molecule has 11 nitrogen and oxygen atoms in total. The van der Waals surface area contributed by atoms with Crippen molar-refractivity contribution in [2.45, 2.75) is 31.0 Å². The molecule has 0 amide bonds. The Morgan fingerprint density at radius 3 is 1.96 bits per heavy atom. The lowest BCUT2D eigenvalue weighted by atomic mass is 9.93. The number of hydrogen-bond acceptors (Lipinski definition) is 8. The highest BCUT2D eigenvalue weighted by Crippen LogP contribution is 2.37. The normalized spacial score (nSPS) is 16.6. The Balaban J connectivity index is 0.000000392. The minimum Gasteiger partial charge on any atom is -0.475 e. The van der Waals surface area contributed by atoms with E-state index in [1.54, 1.807) is 17.0 Å². The topological polar surface area (TPSA) is 159 Å². The summed E-state index contributed by atoms with van der Waals surface area (Å²) >= 11 is 0. The highest BCUT2D eigenvalue weighted by molar-refractivity contribution is 5.74. The van der Waals surface area contributed by atoms with Crippen molar-refractivity contribution in [3.8, 4) is 11.3 Å². The highest BCUT2D eigenvalue weighted by Gasteiger charge is 2.44. The molecule has 5 N–H and O–H groups in total. The third kappa shape index (κ3) is 10.1. The Morgan fingerprint density at radius 2 is 1.43 bits per heavy atom. The SMILES string of the molecule is N[C@@H]1C[C@@H](C(F)(F)F)CN(c2ccncc2Nc2ncc3ccc(-c4c(F)cccc4F)nn23)C1.O=C(O)C(F)(F)F.O=C(O)C(F)(F)F. The quantitative estimate of drug-likeness (QED) is 0.190. The zero-order valence-corrected chi connectivity index (χ0v) is 24.2. The second-order valence-electron chi connectivity index (χ2n) is 10.00. The van der Waals surface area contributed by atoms with Gasteiger partial charge in [0.15, 0.2) is 0 Å². The summed E-state index contributed by atoms with van der Waals surface area (Å²) in [5, 5.41) is 21.6. The van der Waals surface area contributed by atoms with Crippen molar-refractivity contribution in [1.29, 1.82) is 0 Å². The summed E-state index contributed by atoms with van der Waals surface area (Å²) in [5.41, 5.74) is 7.11. The summed E-state index contributed by atoms with van der Waals surface area (Å²) in [5.74, 6) is -8.40. The van der Waals surface area contributed by atoms with Crippen molar-refractivity contribution in [1.82, 2.24) is 19.6 Å². The van der Waals surface area contributed by atoms with Gasteiger partial charge in [-0.15, -0.1) is 0 Å². The van der Waals surface area contributed by atoms with Gasteiger partial charge in [-0.2, -0.15) is 49.1 Å². The molecule has 1 aromatic carbocycles. The predicted molar refractivity (Wildman–Crippen MR) is 148 cm³/mol. The number of nitrogens with one attached hydrogen (secondary N) is 1. The van der Waals surface area contributed by atoms with Gasteiger partial charge in [-0.05, 0) is 36.8 Å². The van der Waals surface area contributed by atoms with Crippen molar-refractivity contribution >= 4 is 34.8 Å². The van der Waals surface area contributed by atoms with E-state index < -0.39 is 54.1 Å². The van der Waals surface area contributed by atoms with E-state index in [-0.39, 0.29) is 36.7 Å². The predicted octanol–water partition coefficient (Wildman–Crippen LogP) is 5.80. The number of carboxylic acids is 2. The van der Waals surface area contributed by atoms with Gasteiger partial charge in [-0.1, -0.05) is 6.07 Å². The third-order valence-electron chi connectivity index (χ3n) is 6.42. The maximum atomic E-state index is 14.3. The molecule has 0 spiro atoms. The van der Waals surface area contributed by atoms with Crippen LogP contribution in [0.4, 0.5) is 65.6 Å². The van der Waals surface area contributed by atoms with Gasteiger partial charge < -0.3 is 26.2 Å². The van der Waals surface area contributed by atoms with Crippen LogP contribution < -0.4 is 16.0 Å². The Morgan fingerprint density at radius 1 is 0.857 bits per heavy atom.